The zero-order chi connectivity index (χ0) is 22.8. The average Bonchev–Trinajstić information content (AvgIpc) is 2.85. The molecule has 2 heterocycles. The molecule has 0 amide bonds. The first-order chi connectivity index (χ1) is 16.1. The summed E-state index contributed by atoms with van der Waals surface area (Å²) in [5, 5.41) is 1.58. The van der Waals surface area contributed by atoms with E-state index in [1.165, 1.54) is 5.69 Å². The predicted octanol–water partition coefficient (Wildman–Crippen LogP) is 6.42. The molecule has 0 atom stereocenters. The number of para-hydroxylation sites is 1. The Morgan fingerprint density at radius 2 is 1.56 bits per heavy atom. The third kappa shape index (κ3) is 4.85. The van der Waals surface area contributed by atoms with E-state index in [4.69, 9.17) is 16.0 Å². The normalized spacial score (nSPS) is 14.2. The molecule has 0 N–H and O–H groups in total. The third-order valence-electron chi connectivity index (χ3n) is 6.47. The van der Waals surface area contributed by atoms with Crippen LogP contribution in [-0.4, -0.2) is 31.1 Å². The molecule has 34 heavy (non-hydrogen) atoms. The molecule has 0 bridgehead atoms. The molecule has 5 rings (SSSR count). The number of halogens is 2. The number of hydrogen-bond donors (Lipinski definition) is 0. The Morgan fingerprint density at radius 1 is 0.912 bits per heavy atom. The van der Waals surface area contributed by atoms with Crippen LogP contribution in [0.5, 0.6) is 0 Å². The van der Waals surface area contributed by atoms with Gasteiger partial charge in [0.2, 0.25) is 0 Å². The Kier molecular flexibility index (Phi) is 7.62. The second-order valence-corrected chi connectivity index (χ2v) is 8.91. The van der Waals surface area contributed by atoms with Gasteiger partial charge in [0, 0.05) is 66.0 Å². The highest BCUT2D eigenvalue weighted by Gasteiger charge is 2.20. The van der Waals surface area contributed by atoms with E-state index in [1.54, 1.807) is 6.07 Å². The minimum atomic E-state index is -0.287. The van der Waals surface area contributed by atoms with Gasteiger partial charge in [-0.25, -0.2) is 4.79 Å². The number of benzene rings is 3. The molecule has 1 aliphatic heterocycles. The van der Waals surface area contributed by atoms with Crippen LogP contribution in [0, 0.1) is 0 Å². The molecule has 1 saturated heterocycles. The van der Waals surface area contributed by atoms with Crippen molar-refractivity contribution in [3.63, 3.8) is 0 Å². The van der Waals surface area contributed by atoms with Gasteiger partial charge in [-0.2, -0.15) is 0 Å². The molecular formula is C28H28Cl2N2O2. The maximum atomic E-state index is 12.7. The van der Waals surface area contributed by atoms with Gasteiger partial charge in [0.15, 0.2) is 0 Å². The van der Waals surface area contributed by atoms with Crippen molar-refractivity contribution in [3.8, 4) is 11.1 Å². The number of rotatable bonds is 5. The van der Waals surface area contributed by atoms with Crippen LogP contribution in [-0.2, 0) is 13.0 Å². The van der Waals surface area contributed by atoms with Crippen molar-refractivity contribution >= 4 is 40.7 Å². The quantitative estimate of drug-likeness (QED) is 0.300. The molecule has 0 unspecified atom stereocenters. The minimum Gasteiger partial charge on any atom is -0.422 e. The van der Waals surface area contributed by atoms with E-state index in [0.717, 1.165) is 54.8 Å². The summed E-state index contributed by atoms with van der Waals surface area (Å²) in [6.45, 7) is 6.68. The van der Waals surface area contributed by atoms with Crippen LogP contribution in [0.25, 0.3) is 22.1 Å². The standard InChI is InChI=1S/C28H27ClN2O2.ClH/c1-2-23-27(20-9-5-3-6-10-20)24-17-21(25(29)18-26(24)33-28(23)32)19-30-13-15-31(16-14-30)22-11-7-4-8-12-22;/h3-12,17-18H,2,13-16,19H2,1H3;1H. The number of piperazine rings is 1. The first kappa shape index (κ1) is 24.3. The van der Waals surface area contributed by atoms with E-state index in [-0.39, 0.29) is 18.0 Å². The van der Waals surface area contributed by atoms with E-state index in [1.807, 2.05) is 37.3 Å². The summed E-state index contributed by atoms with van der Waals surface area (Å²) in [5.41, 5.74) is 5.27. The van der Waals surface area contributed by atoms with Crippen molar-refractivity contribution in [2.24, 2.45) is 0 Å². The first-order valence-corrected chi connectivity index (χ1v) is 11.9. The fourth-order valence-corrected chi connectivity index (χ4v) is 4.94. The van der Waals surface area contributed by atoms with Crippen molar-refractivity contribution in [2.45, 2.75) is 19.9 Å². The average molecular weight is 495 g/mol. The van der Waals surface area contributed by atoms with Crippen LogP contribution in [0.1, 0.15) is 18.1 Å². The fraction of sp³-hybridized carbons (Fsp3) is 0.250. The Hall–Kier alpha value is -2.79. The van der Waals surface area contributed by atoms with Gasteiger partial charge < -0.3 is 9.32 Å². The van der Waals surface area contributed by atoms with Crippen LogP contribution in [0.3, 0.4) is 0 Å². The van der Waals surface area contributed by atoms with Crippen LogP contribution < -0.4 is 10.5 Å². The molecule has 0 spiro atoms. The molecule has 6 heteroatoms. The van der Waals surface area contributed by atoms with Gasteiger partial charge >= 0.3 is 5.63 Å². The highest BCUT2D eigenvalue weighted by molar-refractivity contribution is 6.32. The molecule has 3 aromatic carbocycles. The summed E-state index contributed by atoms with van der Waals surface area (Å²) in [6, 6.07) is 24.6. The van der Waals surface area contributed by atoms with Crippen LogP contribution in [0.15, 0.2) is 82.0 Å². The van der Waals surface area contributed by atoms with Crippen molar-refractivity contribution in [2.75, 3.05) is 31.1 Å². The molecule has 1 fully saturated rings. The van der Waals surface area contributed by atoms with E-state index in [2.05, 4.69) is 46.2 Å². The summed E-state index contributed by atoms with van der Waals surface area (Å²) in [5.74, 6) is 0. The van der Waals surface area contributed by atoms with Gasteiger partial charge in [0.1, 0.15) is 5.58 Å². The van der Waals surface area contributed by atoms with E-state index >= 15 is 0 Å². The summed E-state index contributed by atoms with van der Waals surface area (Å²) >= 11 is 6.67. The number of fused-ring (bicyclic) bond motifs is 1. The van der Waals surface area contributed by atoms with Crippen molar-refractivity contribution < 1.29 is 4.42 Å². The smallest absolute Gasteiger partial charge is 0.340 e. The summed E-state index contributed by atoms with van der Waals surface area (Å²) in [6.07, 6.45) is 0.613. The Labute approximate surface area is 211 Å². The molecule has 0 aliphatic carbocycles. The lowest BCUT2D eigenvalue weighted by Gasteiger charge is -2.36. The van der Waals surface area contributed by atoms with Crippen LogP contribution in [0.2, 0.25) is 5.02 Å². The summed E-state index contributed by atoms with van der Waals surface area (Å²) in [4.78, 5) is 17.6. The maximum Gasteiger partial charge on any atom is 0.340 e. The SMILES string of the molecule is CCc1c(-c2ccccc2)c2cc(CN3CCN(c4ccccc4)CC3)c(Cl)cc2oc1=O.Cl. The molecule has 4 nitrogen and oxygen atoms in total. The lowest BCUT2D eigenvalue weighted by molar-refractivity contribution is 0.250. The highest BCUT2D eigenvalue weighted by atomic mass is 35.5. The minimum absolute atomic E-state index is 0. The zero-order valence-corrected chi connectivity index (χ0v) is 20.7. The number of nitrogens with zero attached hydrogens (tertiary/aromatic N) is 2. The Bertz CT molecular complexity index is 1320. The molecule has 0 saturated carbocycles. The monoisotopic (exact) mass is 494 g/mol. The predicted molar refractivity (Wildman–Crippen MR) is 143 cm³/mol. The molecule has 1 aliphatic rings. The zero-order valence-electron chi connectivity index (χ0n) is 19.2. The maximum absolute atomic E-state index is 12.7. The van der Waals surface area contributed by atoms with Gasteiger partial charge in [-0.05, 0) is 35.7 Å². The van der Waals surface area contributed by atoms with Gasteiger partial charge in [-0.3, -0.25) is 4.90 Å². The molecule has 176 valence electrons. The number of hydrogen-bond acceptors (Lipinski definition) is 4. The van der Waals surface area contributed by atoms with Gasteiger partial charge in [0.25, 0.3) is 0 Å². The van der Waals surface area contributed by atoms with Crippen LogP contribution >= 0.6 is 24.0 Å². The Morgan fingerprint density at radius 3 is 2.21 bits per heavy atom. The lowest BCUT2D eigenvalue weighted by atomic mass is 9.95. The number of anilines is 1. The van der Waals surface area contributed by atoms with Crippen LogP contribution in [0.4, 0.5) is 5.69 Å². The van der Waals surface area contributed by atoms with Gasteiger partial charge in [0.05, 0.1) is 0 Å². The van der Waals surface area contributed by atoms with E-state index in [9.17, 15) is 4.79 Å². The second kappa shape index (κ2) is 10.6. The first-order valence-electron chi connectivity index (χ1n) is 11.5. The highest BCUT2D eigenvalue weighted by Crippen LogP contribution is 2.34. The van der Waals surface area contributed by atoms with E-state index in [0.29, 0.717) is 22.6 Å². The molecule has 0 radical (unpaired) electrons. The van der Waals surface area contributed by atoms with Crippen molar-refractivity contribution in [1.82, 2.24) is 4.90 Å². The molecule has 1 aromatic heterocycles. The van der Waals surface area contributed by atoms with Crippen molar-refractivity contribution in [1.29, 1.82) is 0 Å². The summed E-state index contributed by atoms with van der Waals surface area (Å²) in [7, 11) is 0. The summed E-state index contributed by atoms with van der Waals surface area (Å²) < 4.78 is 5.67. The topological polar surface area (TPSA) is 36.7 Å². The van der Waals surface area contributed by atoms with Gasteiger partial charge in [-0.15, -0.1) is 12.4 Å². The third-order valence-corrected chi connectivity index (χ3v) is 6.82. The van der Waals surface area contributed by atoms with Crippen molar-refractivity contribution in [3.05, 3.63) is 99.4 Å². The lowest BCUT2D eigenvalue weighted by Crippen LogP contribution is -2.46. The largest absolute Gasteiger partial charge is 0.422 e. The fourth-order valence-electron chi connectivity index (χ4n) is 4.73. The van der Waals surface area contributed by atoms with Gasteiger partial charge in [-0.1, -0.05) is 67.1 Å². The van der Waals surface area contributed by atoms with E-state index < -0.39 is 0 Å². The molecule has 4 aromatic rings. The second-order valence-electron chi connectivity index (χ2n) is 8.50. The Balaban J connectivity index is 0.00000274. The molecular weight excluding hydrogens is 467 g/mol.